The van der Waals surface area contributed by atoms with Crippen LogP contribution in [0.3, 0.4) is 0 Å². The maximum atomic E-state index is 11.9. The van der Waals surface area contributed by atoms with Gasteiger partial charge in [-0.25, -0.2) is 4.79 Å². The van der Waals surface area contributed by atoms with Crippen LogP contribution in [0.4, 0.5) is 0 Å². The number of rotatable bonds is 5. The van der Waals surface area contributed by atoms with E-state index in [1.165, 1.54) is 0 Å². The predicted octanol–water partition coefficient (Wildman–Crippen LogP) is 2.99. The molecule has 19 heavy (non-hydrogen) atoms. The lowest BCUT2D eigenvalue weighted by Gasteiger charge is -2.13. The molecule has 0 saturated heterocycles. The number of amides is 1. The van der Waals surface area contributed by atoms with Crippen LogP contribution in [0.15, 0.2) is 40.4 Å². The lowest BCUT2D eigenvalue weighted by atomic mass is 10.1. The van der Waals surface area contributed by atoms with Crippen molar-refractivity contribution in [3.8, 4) is 0 Å². The molecule has 0 saturated carbocycles. The zero-order valence-corrected chi connectivity index (χ0v) is 12.4. The van der Waals surface area contributed by atoms with E-state index in [9.17, 15) is 9.59 Å². The van der Waals surface area contributed by atoms with Gasteiger partial charge in [-0.15, -0.1) is 0 Å². The molecule has 0 fully saturated rings. The van der Waals surface area contributed by atoms with Crippen molar-refractivity contribution in [1.29, 1.82) is 0 Å². The molecular formula is C14H16BrNO3. The van der Waals surface area contributed by atoms with Gasteiger partial charge in [-0.2, -0.15) is 0 Å². The number of aliphatic carboxylic acids is 1. The van der Waals surface area contributed by atoms with E-state index in [0.717, 1.165) is 10.0 Å². The summed E-state index contributed by atoms with van der Waals surface area (Å²) in [5, 5.41) is 11.6. The second-order valence-corrected chi connectivity index (χ2v) is 5.31. The molecule has 4 nitrogen and oxygen atoms in total. The van der Waals surface area contributed by atoms with Gasteiger partial charge >= 0.3 is 5.97 Å². The highest BCUT2D eigenvalue weighted by Gasteiger charge is 2.19. The van der Waals surface area contributed by atoms with Crippen LogP contribution in [0.2, 0.25) is 0 Å². The Kier molecular flexibility index (Phi) is 5.76. The fourth-order valence-electron chi connectivity index (χ4n) is 1.45. The fourth-order valence-corrected chi connectivity index (χ4v) is 1.85. The van der Waals surface area contributed by atoms with Crippen molar-refractivity contribution in [2.75, 3.05) is 0 Å². The normalized spacial score (nSPS) is 11.5. The molecule has 0 radical (unpaired) electrons. The molecule has 1 rings (SSSR count). The van der Waals surface area contributed by atoms with E-state index in [0.29, 0.717) is 5.56 Å². The molecule has 0 unspecified atom stereocenters. The molecule has 1 aromatic rings. The standard InChI is InChI=1S/C14H16BrNO3/c1-9(2)6-7-12(14(18)19)16-13(17)10-4-3-5-11(15)8-10/h3-6,8,12H,7H2,1-2H3,(H,16,17)(H,18,19)/t12-/m0/s1. The number of carboxylic acid groups (broad SMARTS) is 1. The third-order valence-electron chi connectivity index (χ3n) is 2.45. The smallest absolute Gasteiger partial charge is 0.326 e. The highest BCUT2D eigenvalue weighted by molar-refractivity contribution is 9.10. The quantitative estimate of drug-likeness (QED) is 0.818. The molecule has 0 spiro atoms. The van der Waals surface area contributed by atoms with E-state index in [4.69, 9.17) is 5.11 Å². The minimum atomic E-state index is -1.04. The monoisotopic (exact) mass is 325 g/mol. The van der Waals surface area contributed by atoms with Gasteiger partial charge in [0.2, 0.25) is 0 Å². The predicted molar refractivity (Wildman–Crippen MR) is 77.1 cm³/mol. The minimum Gasteiger partial charge on any atom is -0.480 e. The summed E-state index contributed by atoms with van der Waals surface area (Å²) >= 11 is 3.27. The molecule has 0 aliphatic rings. The minimum absolute atomic E-state index is 0.275. The van der Waals surface area contributed by atoms with E-state index < -0.39 is 17.9 Å². The Morgan fingerprint density at radius 1 is 1.42 bits per heavy atom. The number of hydrogen-bond donors (Lipinski definition) is 2. The summed E-state index contributed by atoms with van der Waals surface area (Å²) in [7, 11) is 0. The van der Waals surface area contributed by atoms with Gasteiger partial charge in [0, 0.05) is 10.0 Å². The van der Waals surface area contributed by atoms with Gasteiger partial charge in [-0.3, -0.25) is 4.79 Å². The number of carboxylic acids is 1. The summed E-state index contributed by atoms with van der Waals surface area (Å²) in [5.41, 5.74) is 1.45. The average molecular weight is 326 g/mol. The molecule has 0 bridgehead atoms. The molecule has 1 amide bonds. The largest absolute Gasteiger partial charge is 0.480 e. The molecule has 5 heteroatoms. The van der Waals surface area contributed by atoms with Crippen molar-refractivity contribution in [2.24, 2.45) is 0 Å². The highest BCUT2D eigenvalue weighted by atomic mass is 79.9. The maximum absolute atomic E-state index is 11.9. The van der Waals surface area contributed by atoms with Crippen molar-refractivity contribution < 1.29 is 14.7 Å². The molecule has 0 heterocycles. The Hall–Kier alpha value is -1.62. The summed E-state index contributed by atoms with van der Waals surface area (Å²) in [6.45, 7) is 3.77. The van der Waals surface area contributed by atoms with Gasteiger partial charge in [0.15, 0.2) is 0 Å². The Labute approximate surface area is 120 Å². The Bertz CT molecular complexity index is 507. The second-order valence-electron chi connectivity index (χ2n) is 4.39. The van der Waals surface area contributed by atoms with Crippen molar-refractivity contribution in [1.82, 2.24) is 5.32 Å². The molecule has 0 aliphatic carbocycles. The molecule has 1 aromatic carbocycles. The van der Waals surface area contributed by atoms with Crippen LogP contribution in [0.5, 0.6) is 0 Å². The highest BCUT2D eigenvalue weighted by Crippen LogP contribution is 2.12. The van der Waals surface area contributed by atoms with Gasteiger partial charge < -0.3 is 10.4 Å². The SMILES string of the molecule is CC(C)=CC[C@H](NC(=O)c1cccc(Br)c1)C(=O)O. The van der Waals surface area contributed by atoms with Crippen LogP contribution in [-0.2, 0) is 4.79 Å². The van der Waals surface area contributed by atoms with E-state index >= 15 is 0 Å². The van der Waals surface area contributed by atoms with Crippen LogP contribution in [0.25, 0.3) is 0 Å². The summed E-state index contributed by atoms with van der Waals surface area (Å²) in [6.07, 6.45) is 2.07. The van der Waals surface area contributed by atoms with Crippen LogP contribution in [0, 0.1) is 0 Å². The zero-order valence-electron chi connectivity index (χ0n) is 10.8. The number of nitrogens with one attached hydrogen (secondary N) is 1. The number of allylic oxidation sites excluding steroid dienone is 1. The van der Waals surface area contributed by atoms with E-state index in [-0.39, 0.29) is 6.42 Å². The lowest BCUT2D eigenvalue weighted by molar-refractivity contribution is -0.139. The Morgan fingerprint density at radius 3 is 2.63 bits per heavy atom. The van der Waals surface area contributed by atoms with Crippen molar-refractivity contribution in [2.45, 2.75) is 26.3 Å². The number of carbonyl (C=O) groups is 2. The third-order valence-corrected chi connectivity index (χ3v) is 2.95. The van der Waals surface area contributed by atoms with Crippen LogP contribution < -0.4 is 5.32 Å². The molecule has 1 atom stereocenters. The Balaban J connectivity index is 2.77. The van der Waals surface area contributed by atoms with Gasteiger partial charge in [0.1, 0.15) is 6.04 Å². The molecular weight excluding hydrogens is 310 g/mol. The first-order valence-electron chi connectivity index (χ1n) is 5.82. The van der Waals surface area contributed by atoms with Crippen LogP contribution in [-0.4, -0.2) is 23.0 Å². The van der Waals surface area contributed by atoms with Crippen molar-refractivity contribution in [3.63, 3.8) is 0 Å². The summed E-state index contributed by atoms with van der Waals surface area (Å²) in [4.78, 5) is 23.0. The summed E-state index contributed by atoms with van der Waals surface area (Å²) < 4.78 is 0.774. The molecule has 0 aromatic heterocycles. The molecule has 102 valence electrons. The topological polar surface area (TPSA) is 66.4 Å². The van der Waals surface area contributed by atoms with E-state index in [2.05, 4.69) is 21.2 Å². The van der Waals surface area contributed by atoms with Gasteiger partial charge in [-0.05, 0) is 38.5 Å². The van der Waals surface area contributed by atoms with Crippen LogP contribution >= 0.6 is 15.9 Å². The fraction of sp³-hybridized carbons (Fsp3) is 0.286. The first kappa shape index (κ1) is 15.4. The van der Waals surface area contributed by atoms with Crippen molar-refractivity contribution >= 4 is 27.8 Å². The number of hydrogen-bond acceptors (Lipinski definition) is 2. The van der Waals surface area contributed by atoms with Crippen LogP contribution in [0.1, 0.15) is 30.6 Å². The lowest BCUT2D eigenvalue weighted by Crippen LogP contribution is -2.40. The second kappa shape index (κ2) is 7.09. The summed E-state index contributed by atoms with van der Waals surface area (Å²) in [5.74, 6) is -1.43. The zero-order chi connectivity index (χ0) is 14.4. The van der Waals surface area contributed by atoms with Gasteiger partial charge in [-0.1, -0.05) is 33.6 Å². The molecule has 0 aliphatic heterocycles. The van der Waals surface area contributed by atoms with Crippen molar-refractivity contribution in [3.05, 3.63) is 46.0 Å². The van der Waals surface area contributed by atoms with E-state index in [1.54, 1.807) is 30.3 Å². The van der Waals surface area contributed by atoms with E-state index in [1.807, 2.05) is 13.8 Å². The molecule has 2 N–H and O–H groups in total. The summed E-state index contributed by atoms with van der Waals surface area (Å²) in [6, 6.07) is 5.90. The number of benzene rings is 1. The first-order valence-corrected chi connectivity index (χ1v) is 6.62. The Morgan fingerprint density at radius 2 is 2.11 bits per heavy atom. The number of halogens is 1. The number of carbonyl (C=O) groups excluding carboxylic acids is 1. The first-order chi connectivity index (χ1) is 8.90. The maximum Gasteiger partial charge on any atom is 0.326 e. The van der Waals surface area contributed by atoms with Gasteiger partial charge in [0.25, 0.3) is 5.91 Å². The third kappa shape index (κ3) is 5.26. The van der Waals surface area contributed by atoms with Gasteiger partial charge in [0.05, 0.1) is 0 Å². The average Bonchev–Trinajstić information content (AvgIpc) is 2.33.